The van der Waals surface area contributed by atoms with Gasteiger partial charge in [0.2, 0.25) is 0 Å². The number of nitrogens with one attached hydrogen (secondary N) is 1. The lowest BCUT2D eigenvalue weighted by atomic mass is 10.1. The smallest absolute Gasteiger partial charge is 0.288 e. The Morgan fingerprint density at radius 1 is 1.25 bits per heavy atom. The van der Waals surface area contributed by atoms with Crippen LogP contribution >= 0.6 is 24.0 Å². The lowest BCUT2D eigenvalue weighted by molar-refractivity contribution is -0.120. The standard InChI is InChI=1S/C13H14F2N2OS2/c14-12(15)20-11-3-1-9(2-4-11)16-13(19)17-7-5-10(18)6-8-17/h1-4,12H,5-8H2,(H,16,19). The summed E-state index contributed by atoms with van der Waals surface area (Å²) in [5.74, 6) is -2.15. The Kier molecular flexibility index (Phi) is 5.31. The normalized spacial score (nSPS) is 15.6. The number of hydrogen-bond acceptors (Lipinski definition) is 3. The highest BCUT2D eigenvalue weighted by Crippen LogP contribution is 2.26. The van der Waals surface area contributed by atoms with Crippen LogP contribution in [0.2, 0.25) is 0 Å². The van der Waals surface area contributed by atoms with Crippen molar-refractivity contribution in [2.45, 2.75) is 23.5 Å². The van der Waals surface area contributed by atoms with Crippen molar-refractivity contribution < 1.29 is 13.6 Å². The van der Waals surface area contributed by atoms with Gasteiger partial charge in [0, 0.05) is 36.5 Å². The molecule has 0 unspecified atom stereocenters. The van der Waals surface area contributed by atoms with Crippen molar-refractivity contribution in [1.82, 2.24) is 4.90 Å². The average Bonchev–Trinajstić information content (AvgIpc) is 2.41. The van der Waals surface area contributed by atoms with Crippen molar-refractivity contribution in [1.29, 1.82) is 0 Å². The predicted molar refractivity (Wildman–Crippen MR) is 80.3 cm³/mol. The van der Waals surface area contributed by atoms with Crippen LogP contribution in [0.15, 0.2) is 29.2 Å². The van der Waals surface area contributed by atoms with Crippen LogP contribution in [0.1, 0.15) is 12.8 Å². The number of piperidine rings is 1. The molecule has 0 aliphatic carbocycles. The summed E-state index contributed by atoms with van der Waals surface area (Å²) in [7, 11) is 0. The lowest BCUT2D eigenvalue weighted by Gasteiger charge is -2.28. The molecule has 7 heteroatoms. The second kappa shape index (κ2) is 6.99. The molecule has 2 rings (SSSR count). The molecule has 0 amide bonds. The van der Waals surface area contributed by atoms with Gasteiger partial charge in [0.25, 0.3) is 5.76 Å². The van der Waals surface area contributed by atoms with Gasteiger partial charge in [-0.15, -0.1) is 0 Å². The highest BCUT2D eigenvalue weighted by Gasteiger charge is 2.18. The summed E-state index contributed by atoms with van der Waals surface area (Å²) < 4.78 is 24.4. The predicted octanol–water partition coefficient (Wildman–Crippen LogP) is 3.36. The van der Waals surface area contributed by atoms with Crippen LogP contribution in [0.5, 0.6) is 0 Å². The number of rotatable bonds is 3. The van der Waals surface area contributed by atoms with E-state index < -0.39 is 5.76 Å². The van der Waals surface area contributed by atoms with Gasteiger partial charge in [0.1, 0.15) is 5.78 Å². The van der Waals surface area contributed by atoms with E-state index in [2.05, 4.69) is 5.32 Å². The van der Waals surface area contributed by atoms with Gasteiger partial charge in [-0.1, -0.05) is 11.8 Å². The fourth-order valence-corrected chi connectivity index (χ4v) is 2.68. The quantitative estimate of drug-likeness (QED) is 0.683. The summed E-state index contributed by atoms with van der Waals surface area (Å²) in [5.41, 5.74) is 0.755. The number of benzene rings is 1. The molecule has 1 aromatic carbocycles. The summed E-state index contributed by atoms with van der Waals surface area (Å²) in [4.78, 5) is 13.6. The van der Waals surface area contributed by atoms with Gasteiger partial charge in [-0.05, 0) is 36.5 Å². The molecule has 20 heavy (non-hydrogen) atoms. The van der Waals surface area contributed by atoms with E-state index in [1.807, 2.05) is 4.90 Å². The van der Waals surface area contributed by atoms with Crippen LogP contribution in [-0.4, -0.2) is 34.6 Å². The monoisotopic (exact) mass is 316 g/mol. The number of likely N-dealkylation sites (tertiary alicyclic amines) is 1. The molecule has 3 nitrogen and oxygen atoms in total. The van der Waals surface area contributed by atoms with Gasteiger partial charge in [-0.25, -0.2) is 0 Å². The van der Waals surface area contributed by atoms with E-state index in [0.717, 1.165) is 5.69 Å². The molecule has 1 aliphatic heterocycles. The third kappa shape index (κ3) is 4.42. The minimum Gasteiger partial charge on any atom is -0.348 e. The van der Waals surface area contributed by atoms with E-state index >= 15 is 0 Å². The number of hydrogen-bond donors (Lipinski definition) is 1. The van der Waals surface area contributed by atoms with Crippen LogP contribution in [0.25, 0.3) is 0 Å². The van der Waals surface area contributed by atoms with Crippen LogP contribution in [0.4, 0.5) is 14.5 Å². The molecular formula is C13H14F2N2OS2. The Hall–Kier alpha value is -1.21. The Bertz CT molecular complexity index is 484. The number of Topliss-reactive ketones (excluding diaryl/α,β-unsaturated/α-hetero) is 1. The Morgan fingerprint density at radius 3 is 2.40 bits per heavy atom. The Labute approximate surface area is 125 Å². The first-order valence-corrected chi connectivity index (χ1v) is 7.46. The largest absolute Gasteiger partial charge is 0.348 e. The molecule has 0 radical (unpaired) electrons. The summed E-state index contributed by atoms with van der Waals surface area (Å²) in [5, 5.41) is 3.62. The maximum Gasteiger partial charge on any atom is 0.288 e. The lowest BCUT2D eigenvalue weighted by Crippen LogP contribution is -2.40. The van der Waals surface area contributed by atoms with Gasteiger partial charge in [0.15, 0.2) is 5.11 Å². The van der Waals surface area contributed by atoms with Crippen molar-refractivity contribution in [2.24, 2.45) is 0 Å². The van der Waals surface area contributed by atoms with E-state index in [1.54, 1.807) is 24.3 Å². The zero-order valence-electron chi connectivity index (χ0n) is 10.6. The third-order valence-corrected chi connectivity index (χ3v) is 4.02. The van der Waals surface area contributed by atoms with E-state index in [4.69, 9.17) is 12.2 Å². The van der Waals surface area contributed by atoms with Crippen LogP contribution in [0.3, 0.4) is 0 Å². The van der Waals surface area contributed by atoms with Crippen LogP contribution in [-0.2, 0) is 4.79 Å². The molecule has 108 valence electrons. The molecule has 1 N–H and O–H groups in total. The number of thioether (sulfide) groups is 1. The summed E-state index contributed by atoms with van der Waals surface area (Å²) >= 11 is 5.79. The molecular weight excluding hydrogens is 302 g/mol. The van der Waals surface area contributed by atoms with E-state index in [0.29, 0.717) is 47.7 Å². The van der Waals surface area contributed by atoms with Gasteiger partial charge in [-0.2, -0.15) is 8.78 Å². The Morgan fingerprint density at radius 2 is 1.85 bits per heavy atom. The first-order chi connectivity index (χ1) is 9.54. The average molecular weight is 316 g/mol. The summed E-state index contributed by atoms with van der Waals surface area (Å²) in [6, 6.07) is 6.68. The molecule has 1 fully saturated rings. The molecule has 0 atom stereocenters. The minimum absolute atomic E-state index is 0.262. The van der Waals surface area contributed by atoms with E-state index in [-0.39, 0.29) is 5.78 Å². The van der Waals surface area contributed by atoms with Crippen LogP contribution in [0, 0.1) is 0 Å². The van der Waals surface area contributed by atoms with Crippen molar-refractivity contribution >= 4 is 40.6 Å². The Balaban J connectivity index is 1.89. The molecule has 1 heterocycles. The number of alkyl halides is 2. The maximum absolute atomic E-state index is 12.2. The van der Waals surface area contributed by atoms with E-state index in [9.17, 15) is 13.6 Å². The van der Waals surface area contributed by atoms with Gasteiger partial charge in [0.05, 0.1) is 0 Å². The number of nitrogens with zero attached hydrogens (tertiary/aromatic N) is 1. The second-order valence-electron chi connectivity index (χ2n) is 4.36. The first-order valence-electron chi connectivity index (χ1n) is 6.17. The maximum atomic E-state index is 12.2. The molecule has 0 bridgehead atoms. The second-order valence-corrected chi connectivity index (χ2v) is 5.81. The zero-order valence-corrected chi connectivity index (χ0v) is 12.3. The highest BCUT2D eigenvalue weighted by atomic mass is 32.2. The molecule has 1 aliphatic rings. The zero-order chi connectivity index (χ0) is 14.5. The molecule has 1 aromatic rings. The van der Waals surface area contributed by atoms with Crippen molar-refractivity contribution in [3.63, 3.8) is 0 Å². The topological polar surface area (TPSA) is 32.3 Å². The SMILES string of the molecule is O=C1CCN(C(=S)Nc2ccc(SC(F)F)cc2)CC1. The van der Waals surface area contributed by atoms with Crippen LogP contribution < -0.4 is 5.32 Å². The van der Waals surface area contributed by atoms with Gasteiger partial charge < -0.3 is 10.2 Å². The molecule has 0 spiro atoms. The number of ketones is 1. The first kappa shape index (κ1) is 15.2. The number of carbonyl (C=O) groups excluding carboxylic acids is 1. The van der Waals surface area contributed by atoms with Crippen molar-refractivity contribution in [3.8, 4) is 0 Å². The van der Waals surface area contributed by atoms with Gasteiger partial charge in [-0.3, -0.25) is 4.79 Å². The minimum atomic E-state index is -2.42. The molecule has 1 saturated heterocycles. The highest BCUT2D eigenvalue weighted by molar-refractivity contribution is 7.99. The number of anilines is 1. The number of carbonyl (C=O) groups is 1. The summed E-state index contributed by atoms with van der Waals surface area (Å²) in [6.07, 6.45) is 1.04. The van der Waals surface area contributed by atoms with Crippen molar-refractivity contribution in [2.75, 3.05) is 18.4 Å². The summed E-state index contributed by atoms with van der Waals surface area (Å²) in [6.45, 7) is 1.26. The van der Waals surface area contributed by atoms with Crippen molar-refractivity contribution in [3.05, 3.63) is 24.3 Å². The third-order valence-electron chi connectivity index (χ3n) is 2.94. The molecule has 0 aromatic heterocycles. The number of thiocarbonyl (C=S) groups is 1. The fraction of sp³-hybridized carbons (Fsp3) is 0.385. The van der Waals surface area contributed by atoms with Gasteiger partial charge >= 0.3 is 0 Å². The fourth-order valence-electron chi connectivity index (χ4n) is 1.88. The van der Waals surface area contributed by atoms with E-state index in [1.165, 1.54) is 0 Å². The number of halogens is 2. The molecule has 0 saturated carbocycles.